The first-order valence-corrected chi connectivity index (χ1v) is 8.35. The van der Waals surface area contributed by atoms with E-state index >= 15 is 0 Å². The van der Waals surface area contributed by atoms with E-state index in [0.717, 1.165) is 25.4 Å². The number of aliphatic carboxylic acids is 1. The Morgan fingerprint density at radius 2 is 2.00 bits per heavy atom. The van der Waals surface area contributed by atoms with Crippen LogP contribution in [0.25, 0.3) is 0 Å². The van der Waals surface area contributed by atoms with E-state index in [1.165, 1.54) is 12.2 Å². The van der Waals surface area contributed by atoms with Gasteiger partial charge in [-0.15, -0.1) is 0 Å². The summed E-state index contributed by atoms with van der Waals surface area (Å²) in [4.78, 5) is 26.5. The molecule has 0 aromatic rings. The zero-order valence-electron chi connectivity index (χ0n) is 11.7. The van der Waals surface area contributed by atoms with Gasteiger partial charge in [0.05, 0.1) is 6.42 Å². The molecule has 0 aromatic heterocycles. The highest BCUT2D eigenvalue weighted by Crippen LogP contribution is 2.22. The summed E-state index contributed by atoms with van der Waals surface area (Å²) < 4.78 is 0. The molecule has 0 aromatic carbocycles. The summed E-state index contributed by atoms with van der Waals surface area (Å²) in [5.74, 6) is 2.23. The molecule has 2 fully saturated rings. The second-order valence-corrected chi connectivity index (χ2v) is 6.54. The van der Waals surface area contributed by atoms with Crippen LogP contribution in [0.15, 0.2) is 0 Å². The highest BCUT2D eigenvalue weighted by Gasteiger charge is 2.22. The maximum atomic E-state index is 12.0. The Labute approximate surface area is 123 Å². The van der Waals surface area contributed by atoms with Crippen molar-refractivity contribution in [2.45, 2.75) is 12.8 Å². The lowest BCUT2D eigenvalue weighted by molar-refractivity contribution is -0.137. The topological polar surface area (TPSA) is 72.9 Å². The van der Waals surface area contributed by atoms with Gasteiger partial charge in [-0.05, 0) is 23.8 Å². The van der Waals surface area contributed by atoms with E-state index in [2.05, 4.69) is 10.2 Å². The van der Waals surface area contributed by atoms with Gasteiger partial charge in [-0.2, -0.15) is 11.8 Å². The van der Waals surface area contributed by atoms with Crippen LogP contribution in [0.4, 0.5) is 4.79 Å². The van der Waals surface area contributed by atoms with E-state index < -0.39 is 5.97 Å². The molecule has 0 aliphatic carbocycles. The van der Waals surface area contributed by atoms with Gasteiger partial charge in [0.2, 0.25) is 0 Å². The maximum absolute atomic E-state index is 12.0. The predicted molar refractivity (Wildman–Crippen MR) is 79.1 cm³/mol. The number of nitrogens with zero attached hydrogens (tertiary/aromatic N) is 2. The van der Waals surface area contributed by atoms with Crippen molar-refractivity contribution in [3.63, 3.8) is 0 Å². The van der Waals surface area contributed by atoms with E-state index in [0.29, 0.717) is 25.6 Å². The molecule has 2 saturated heterocycles. The van der Waals surface area contributed by atoms with Crippen molar-refractivity contribution in [3.8, 4) is 0 Å². The standard InChI is InChI=1S/C13H23N3O3S/c17-12(18)1-3-15-4-6-16(7-5-15)13(19)14-9-11-2-8-20-10-11/h11H,1-10H2,(H,14,19)(H,17,18). The summed E-state index contributed by atoms with van der Waals surface area (Å²) in [5, 5.41) is 11.7. The molecule has 2 aliphatic rings. The molecule has 2 rings (SSSR count). The minimum Gasteiger partial charge on any atom is -0.481 e. The van der Waals surface area contributed by atoms with Crippen molar-refractivity contribution >= 4 is 23.8 Å². The lowest BCUT2D eigenvalue weighted by atomic mass is 10.1. The van der Waals surface area contributed by atoms with Gasteiger partial charge in [0, 0.05) is 39.3 Å². The van der Waals surface area contributed by atoms with Crippen LogP contribution in [0.2, 0.25) is 0 Å². The molecule has 2 N–H and O–H groups in total. The molecule has 2 aliphatic heterocycles. The van der Waals surface area contributed by atoms with Crippen molar-refractivity contribution in [2.24, 2.45) is 5.92 Å². The molecule has 2 heterocycles. The van der Waals surface area contributed by atoms with Gasteiger partial charge in [-0.1, -0.05) is 0 Å². The van der Waals surface area contributed by atoms with E-state index in [1.54, 1.807) is 0 Å². The van der Waals surface area contributed by atoms with Crippen LogP contribution in [0, 0.1) is 5.92 Å². The van der Waals surface area contributed by atoms with Crippen molar-refractivity contribution < 1.29 is 14.7 Å². The molecular formula is C13H23N3O3S. The SMILES string of the molecule is O=C(O)CCN1CCN(C(=O)NCC2CCSC2)CC1. The molecule has 20 heavy (non-hydrogen) atoms. The molecule has 1 atom stereocenters. The molecule has 6 nitrogen and oxygen atoms in total. The molecule has 0 spiro atoms. The first-order valence-electron chi connectivity index (χ1n) is 7.20. The van der Waals surface area contributed by atoms with Crippen molar-refractivity contribution in [1.29, 1.82) is 0 Å². The Morgan fingerprint density at radius 1 is 1.25 bits per heavy atom. The molecule has 114 valence electrons. The number of urea groups is 1. The summed E-state index contributed by atoms with van der Waals surface area (Å²) in [5.41, 5.74) is 0. The highest BCUT2D eigenvalue weighted by molar-refractivity contribution is 7.99. The third-order valence-corrected chi connectivity index (χ3v) is 5.10. The Morgan fingerprint density at radius 3 is 2.60 bits per heavy atom. The largest absolute Gasteiger partial charge is 0.481 e. The quantitative estimate of drug-likeness (QED) is 0.775. The van der Waals surface area contributed by atoms with Crippen LogP contribution < -0.4 is 5.32 Å². The highest BCUT2D eigenvalue weighted by atomic mass is 32.2. The van der Waals surface area contributed by atoms with Gasteiger partial charge < -0.3 is 15.3 Å². The predicted octanol–water partition coefficient (Wildman–Crippen LogP) is 0.541. The zero-order valence-corrected chi connectivity index (χ0v) is 12.5. The Kier molecular flexibility index (Phi) is 5.97. The summed E-state index contributed by atoms with van der Waals surface area (Å²) in [6.07, 6.45) is 1.37. The van der Waals surface area contributed by atoms with Crippen molar-refractivity contribution in [3.05, 3.63) is 0 Å². The number of hydrogen-bond acceptors (Lipinski definition) is 4. The number of amides is 2. The van der Waals surface area contributed by atoms with Gasteiger partial charge in [0.25, 0.3) is 0 Å². The van der Waals surface area contributed by atoms with Gasteiger partial charge in [0.1, 0.15) is 0 Å². The Hall–Kier alpha value is -0.950. The van der Waals surface area contributed by atoms with Crippen LogP contribution in [0.1, 0.15) is 12.8 Å². The van der Waals surface area contributed by atoms with Crippen LogP contribution >= 0.6 is 11.8 Å². The lowest BCUT2D eigenvalue weighted by Crippen LogP contribution is -2.52. The average molecular weight is 301 g/mol. The first-order chi connectivity index (χ1) is 9.65. The molecule has 0 bridgehead atoms. The smallest absolute Gasteiger partial charge is 0.317 e. The number of hydrogen-bond donors (Lipinski definition) is 2. The number of thioether (sulfide) groups is 1. The minimum atomic E-state index is -0.764. The van der Waals surface area contributed by atoms with Crippen molar-refractivity contribution in [1.82, 2.24) is 15.1 Å². The Bertz CT molecular complexity index is 340. The van der Waals surface area contributed by atoms with Crippen LogP contribution in [-0.4, -0.2) is 77.7 Å². The molecule has 2 amide bonds. The van der Waals surface area contributed by atoms with E-state index in [1.807, 2.05) is 16.7 Å². The minimum absolute atomic E-state index is 0.0276. The van der Waals surface area contributed by atoms with Crippen LogP contribution in [-0.2, 0) is 4.79 Å². The normalized spacial score (nSPS) is 23.8. The van der Waals surface area contributed by atoms with Gasteiger partial charge in [-0.25, -0.2) is 4.79 Å². The number of carbonyl (C=O) groups is 2. The number of carboxylic acids is 1. The molecule has 7 heteroatoms. The Balaban J connectivity index is 1.62. The lowest BCUT2D eigenvalue weighted by Gasteiger charge is -2.34. The fourth-order valence-electron chi connectivity index (χ4n) is 2.52. The summed E-state index contributed by atoms with van der Waals surface area (Å²) in [7, 11) is 0. The monoisotopic (exact) mass is 301 g/mol. The first kappa shape index (κ1) is 15.4. The van der Waals surface area contributed by atoms with E-state index in [9.17, 15) is 9.59 Å². The number of rotatable bonds is 5. The van der Waals surface area contributed by atoms with Crippen LogP contribution in [0.5, 0.6) is 0 Å². The van der Waals surface area contributed by atoms with Crippen LogP contribution in [0.3, 0.4) is 0 Å². The average Bonchev–Trinajstić information content (AvgIpc) is 2.96. The van der Waals surface area contributed by atoms with Gasteiger partial charge >= 0.3 is 12.0 Å². The molecule has 0 saturated carbocycles. The number of piperazine rings is 1. The number of nitrogens with one attached hydrogen (secondary N) is 1. The zero-order chi connectivity index (χ0) is 14.4. The number of carboxylic acid groups (broad SMARTS) is 1. The summed E-state index contributed by atoms with van der Waals surface area (Å²) in [6.45, 7) is 4.25. The van der Waals surface area contributed by atoms with E-state index in [-0.39, 0.29) is 12.5 Å². The fourth-order valence-corrected chi connectivity index (χ4v) is 3.80. The molecular weight excluding hydrogens is 278 g/mol. The van der Waals surface area contributed by atoms with Crippen molar-refractivity contribution in [2.75, 3.05) is 50.8 Å². The second kappa shape index (κ2) is 7.73. The summed E-state index contributed by atoms with van der Waals surface area (Å²) in [6, 6.07) is 0.0276. The maximum Gasteiger partial charge on any atom is 0.317 e. The van der Waals surface area contributed by atoms with E-state index in [4.69, 9.17) is 5.11 Å². The second-order valence-electron chi connectivity index (χ2n) is 5.39. The molecule has 1 unspecified atom stereocenters. The third-order valence-electron chi connectivity index (χ3n) is 3.87. The molecule has 0 radical (unpaired) electrons. The fraction of sp³-hybridized carbons (Fsp3) is 0.846. The third kappa shape index (κ3) is 4.86. The number of carbonyl (C=O) groups excluding carboxylic acids is 1. The van der Waals surface area contributed by atoms with Gasteiger partial charge in [0.15, 0.2) is 0 Å². The van der Waals surface area contributed by atoms with Gasteiger partial charge in [-0.3, -0.25) is 9.69 Å². The summed E-state index contributed by atoms with van der Waals surface area (Å²) >= 11 is 1.96.